The molecule has 2 rings (SSSR count). The highest BCUT2D eigenvalue weighted by atomic mass is 32.1. The van der Waals surface area contributed by atoms with E-state index in [4.69, 9.17) is 0 Å². The summed E-state index contributed by atoms with van der Waals surface area (Å²) in [5.41, 5.74) is 2.09. The van der Waals surface area contributed by atoms with Crippen molar-refractivity contribution in [3.05, 3.63) is 52.0 Å². The minimum absolute atomic E-state index is 0.0348. The highest BCUT2D eigenvalue weighted by Crippen LogP contribution is 2.11. The molecule has 0 radical (unpaired) electrons. The van der Waals surface area contributed by atoms with Crippen molar-refractivity contribution < 1.29 is 4.79 Å². The number of rotatable bonds is 7. The molecule has 0 aliphatic carbocycles. The summed E-state index contributed by atoms with van der Waals surface area (Å²) in [6.07, 6.45) is 1.22. The van der Waals surface area contributed by atoms with Crippen molar-refractivity contribution in [1.82, 2.24) is 15.2 Å². The van der Waals surface area contributed by atoms with Crippen LogP contribution >= 0.6 is 11.3 Å². The fourth-order valence-corrected chi connectivity index (χ4v) is 2.90. The number of nitrogens with one attached hydrogen (secondary N) is 1. The molecule has 21 heavy (non-hydrogen) atoms. The van der Waals surface area contributed by atoms with E-state index in [-0.39, 0.29) is 5.91 Å². The largest absolute Gasteiger partial charge is 0.355 e. The van der Waals surface area contributed by atoms with Crippen LogP contribution in [-0.2, 0) is 24.2 Å². The fraction of sp³-hybridized carbons (Fsp3) is 0.375. The van der Waals surface area contributed by atoms with Crippen molar-refractivity contribution in [2.24, 2.45) is 0 Å². The monoisotopic (exact) mass is 303 g/mol. The Bertz CT molecular complexity index is 566. The summed E-state index contributed by atoms with van der Waals surface area (Å²) in [7, 11) is 4.02. The van der Waals surface area contributed by atoms with Crippen LogP contribution in [0.5, 0.6) is 0 Å². The molecular weight excluding hydrogens is 282 g/mol. The third kappa shape index (κ3) is 5.65. The molecule has 0 aliphatic rings. The van der Waals surface area contributed by atoms with Crippen LogP contribution in [0.4, 0.5) is 0 Å². The minimum atomic E-state index is 0.0348. The Kier molecular flexibility index (Phi) is 5.90. The van der Waals surface area contributed by atoms with Crippen molar-refractivity contribution in [2.75, 3.05) is 20.6 Å². The molecule has 4 nitrogen and oxygen atoms in total. The van der Waals surface area contributed by atoms with Crippen LogP contribution in [0.2, 0.25) is 0 Å². The maximum Gasteiger partial charge on any atom is 0.226 e. The Morgan fingerprint density at radius 1 is 1.29 bits per heavy atom. The van der Waals surface area contributed by atoms with E-state index < -0.39 is 0 Å². The molecule has 0 unspecified atom stereocenters. The maximum atomic E-state index is 11.9. The zero-order chi connectivity index (χ0) is 15.1. The van der Waals surface area contributed by atoms with E-state index in [2.05, 4.69) is 27.3 Å². The lowest BCUT2D eigenvalue weighted by molar-refractivity contribution is -0.120. The molecule has 1 aromatic heterocycles. The van der Waals surface area contributed by atoms with Gasteiger partial charge >= 0.3 is 0 Å². The molecule has 1 amide bonds. The lowest BCUT2D eigenvalue weighted by atomic mass is 10.1. The first-order valence-corrected chi connectivity index (χ1v) is 7.90. The summed E-state index contributed by atoms with van der Waals surface area (Å²) >= 11 is 1.61. The normalized spacial score (nSPS) is 10.8. The second-order valence-corrected chi connectivity index (χ2v) is 6.18. The first-order chi connectivity index (χ1) is 10.1. The van der Waals surface area contributed by atoms with Crippen LogP contribution in [-0.4, -0.2) is 36.4 Å². The van der Waals surface area contributed by atoms with E-state index in [1.807, 2.05) is 37.7 Å². The molecule has 5 heteroatoms. The lowest BCUT2D eigenvalue weighted by Gasteiger charge is -2.05. The van der Waals surface area contributed by atoms with E-state index in [0.717, 1.165) is 23.7 Å². The number of nitrogens with zero attached hydrogens (tertiary/aromatic N) is 2. The van der Waals surface area contributed by atoms with Crippen molar-refractivity contribution in [2.45, 2.75) is 19.4 Å². The molecule has 0 saturated heterocycles. The molecule has 0 aliphatic heterocycles. The van der Waals surface area contributed by atoms with Crippen LogP contribution in [0.25, 0.3) is 0 Å². The van der Waals surface area contributed by atoms with Crippen LogP contribution in [0, 0.1) is 0 Å². The number of carbonyl (C=O) groups is 1. The number of hydrogen-bond donors (Lipinski definition) is 1. The molecule has 0 fully saturated rings. The lowest BCUT2D eigenvalue weighted by Crippen LogP contribution is -2.27. The summed E-state index contributed by atoms with van der Waals surface area (Å²) in [5.74, 6) is 0.0348. The number of hydrogen-bond acceptors (Lipinski definition) is 4. The molecule has 1 N–H and O–H groups in total. The molecule has 2 aromatic rings. The Labute approximate surface area is 129 Å². The molecule has 1 heterocycles. The predicted molar refractivity (Wildman–Crippen MR) is 86.4 cm³/mol. The van der Waals surface area contributed by atoms with Crippen molar-refractivity contribution >= 4 is 17.2 Å². The van der Waals surface area contributed by atoms with E-state index in [1.54, 1.807) is 11.3 Å². The van der Waals surface area contributed by atoms with Gasteiger partial charge in [-0.1, -0.05) is 30.3 Å². The van der Waals surface area contributed by atoms with Gasteiger partial charge in [0.2, 0.25) is 5.91 Å². The Morgan fingerprint density at radius 3 is 2.76 bits per heavy atom. The third-order valence-corrected chi connectivity index (χ3v) is 3.85. The van der Waals surface area contributed by atoms with Gasteiger partial charge in [0.15, 0.2) is 0 Å². The third-order valence-electron chi connectivity index (χ3n) is 2.97. The van der Waals surface area contributed by atoms with Gasteiger partial charge in [-0.25, -0.2) is 4.98 Å². The second kappa shape index (κ2) is 7.90. The van der Waals surface area contributed by atoms with Crippen LogP contribution in [0.15, 0.2) is 35.7 Å². The molecule has 1 aromatic carbocycles. The van der Waals surface area contributed by atoms with Gasteiger partial charge < -0.3 is 10.2 Å². The fourth-order valence-electron chi connectivity index (χ4n) is 1.99. The predicted octanol–water partition coefficient (Wildman–Crippen LogP) is 2.11. The van der Waals surface area contributed by atoms with Gasteiger partial charge in [0.25, 0.3) is 0 Å². The van der Waals surface area contributed by atoms with Gasteiger partial charge in [0.05, 0.1) is 12.1 Å². The Balaban J connectivity index is 1.73. The van der Waals surface area contributed by atoms with Gasteiger partial charge in [-0.3, -0.25) is 4.79 Å². The average molecular weight is 303 g/mol. The van der Waals surface area contributed by atoms with Crippen molar-refractivity contribution in [3.8, 4) is 0 Å². The van der Waals surface area contributed by atoms with E-state index in [9.17, 15) is 4.79 Å². The molecule has 0 bridgehead atoms. The van der Waals surface area contributed by atoms with Gasteiger partial charge in [-0.15, -0.1) is 11.3 Å². The SMILES string of the molecule is CN(C)Cc1nc(CC(=O)NCCc2ccccc2)cs1. The summed E-state index contributed by atoms with van der Waals surface area (Å²) in [6, 6.07) is 10.2. The number of benzene rings is 1. The zero-order valence-corrected chi connectivity index (χ0v) is 13.3. The average Bonchev–Trinajstić information content (AvgIpc) is 2.86. The van der Waals surface area contributed by atoms with Crippen molar-refractivity contribution in [3.63, 3.8) is 0 Å². The Morgan fingerprint density at radius 2 is 2.05 bits per heavy atom. The minimum Gasteiger partial charge on any atom is -0.355 e. The molecule has 0 saturated carbocycles. The van der Waals surface area contributed by atoms with Gasteiger partial charge in [-0.05, 0) is 26.1 Å². The first-order valence-electron chi connectivity index (χ1n) is 7.02. The number of amides is 1. The summed E-state index contributed by atoms with van der Waals surface area (Å²) in [5, 5.41) is 5.96. The second-order valence-electron chi connectivity index (χ2n) is 5.23. The summed E-state index contributed by atoms with van der Waals surface area (Å²) < 4.78 is 0. The quantitative estimate of drug-likeness (QED) is 0.852. The standard InChI is InChI=1S/C16H21N3OS/c1-19(2)11-16-18-14(12-21-16)10-15(20)17-9-8-13-6-4-3-5-7-13/h3-7,12H,8-11H2,1-2H3,(H,17,20). The topological polar surface area (TPSA) is 45.2 Å². The van der Waals surface area contributed by atoms with Gasteiger partial charge in [0.1, 0.15) is 5.01 Å². The van der Waals surface area contributed by atoms with Gasteiger partial charge in [-0.2, -0.15) is 0 Å². The Hall–Kier alpha value is -1.72. The molecule has 0 spiro atoms. The highest BCUT2D eigenvalue weighted by Gasteiger charge is 2.08. The van der Waals surface area contributed by atoms with Crippen LogP contribution < -0.4 is 5.32 Å². The van der Waals surface area contributed by atoms with Gasteiger partial charge in [0, 0.05) is 18.5 Å². The molecular formula is C16H21N3OS. The number of carbonyl (C=O) groups excluding carboxylic acids is 1. The van der Waals surface area contributed by atoms with Crippen LogP contribution in [0.1, 0.15) is 16.3 Å². The smallest absolute Gasteiger partial charge is 0.226 e. The number of thiazole rings is 1. The number of aromatic nitrogens is 1. The van der Waals surface area contributed by atoms with Crippen LogP contribution in [0.3, 0.4) is 0 Å². The van der Waals surface area contributed by atoms with E-state index >= 15 is 0 Å². The summed E-state index contributed by atoms with van der Waals surface area (Å²) in [4.78, 5) is 18.4. The van der Waals surface area contributed by atoms with Crippen molar-refractivity contribution in [1.29, 1.82) is 0 Å². The molecule has 112 valence electrons. The van der Waals surface area contributed by atoms with E-state index in [0.29, 0.717) is 13.0 Å². The first kappa shape index (κ1) is 15.7. The summed E-state index contributed by atoms with van der Waals surface area (Å²) in [6.45, 7) is 1.48. The maximum absolute atomic E-state index is 11.9. The van der Waals surface area contributed by atoms with E-state index in [1.165, 1.54) is 5.56 Å². The highest BCUT2D eigenvalue weighted by molar-refractivity contribution is 7.09. The molecule has 0 atom stereocenters. The zero-order valence-electron chi connectivity index (χ0n) is 12.5.